The average Bonchev–Trinajstić information content (AvgIpc) is 2.69. The zero-order chi connectivity index (χ0) is 13.9. The summed E-state index contributed by atoms with van der Waals surface area (Å²) in [5.41, 5.74) is 3.32. The summed E-state index contributed by atoms with van der Waals surface area (Å²) in [5, 5.41) is 3.42. The molecule has 2 heterocycles. The van der Waals surface area contributed by atoms with Crippen molar-refractivity contribution in [1.82, 2.24) is 15.3 Å². The Bertz CT molecular complexity index is 615. The van der Waals surface area contributed by atoms with Crippen molar-refractivity contribution in [2.24, 2.45) is 0 Å². The van der Waals surface area contributed by atoms with Crippen molar-refractivity contribution in [2.45, 2.75) is 13.5 Å². The fourth-order valence-corrected chi connectivity index (χ4v) is 2.42. The fraction of sp³-hybridized carbons (Fsp3) is 0.333. The number of benzene rings is 1. The molecule has 1 aliphatic heterocycles. The Hall–Kier alpha value is -2.14. The summed E-state index contributed by atoms with van der Waals surface area (Å²) in [6.07, 6.45) is 0. The molecular formula is C15H18N4O. The minimum absolute atomic E-state index is 0.599. The van der Waals surface area contributed by atoms with Crippen LogP contribution in [0.4, 0.5) is 11.6 Å². The molecule has 104 valence electrons. The molecule has 0 spiro atoms. The highest BCUT2D eigenvalue weighted by Crippen LogP contribution is 2.28. The van der Waals surface area contributed by atoms with Crippen molar-refractivity contribution in [3.8, 4) is 5.88 Å². The first-order chi connectivity index (χ1) is 9.78. The van der Waals surface area contributed by atoms with E-state index in [1.807, 2.05) is 19.1 Å². The van der Waals surface area contributed by atoms with Crippen LogP contribution in [0.5, 0.6) is 5.88 Å². The second-order valence-corrected chi connectivity index (χ2v) is 4.81. The molecule has 3 rings (SSSR count). The summed E-state index contributed by atoms with van der Waals surface area (Å²) < 4.78 is 5.25. The molecule has 0 atom stereocenters. The van der Waals surface area contributed by atoms with Gasteiger partial charge in [-0.2, -0.15) is 4.98 Å². The number of hydrogen-bond acceptors (Lipinski definition) is 5. The van der Waals surface area contributed by atoms with Crippen LogP contribution in [0, 0.1) is 6.92 Å². The Morgan fingerprint density at radius 3 is 2.95 bits per heavy atom. The van der Waals surface area contributed by atoms with E-state index in [2.05, 4.69) is 38.4 Å². The molecule has 1 aromatic heterocycles. The number of para-hydroxylation sites is 1. The number of rotatable bonds is 2. The SMILES string of the molecule is COc1cc(C)nc(N2CCNCc3ccccc32)n1. The van der Waals surface area contributed by atoms with Crippen LogP contribution >= 0.6 is 0 Å². The number of anilines is 2. The van der Waals surface area contributed by atoms with Crippen molar-refractivity contribution in [1.29, 1.82) is 0 Å². The van der Waals surface area contributed by atoms with Gasteiger partial charge in [0, 0.05) is 37.1 Å². The number of nitrogens with zero attached hydrogens (tertiary/aromatic N) is 3. The third kappa shape index (κ3) is 2.44. The summed E-state index contributed by atoms with van der Waals surface area (Å²) in [4.78, 5) is 11.2. The van der Waals surface area contributed by atoms with Gasteiger partial charge in [-0.3, -0.25) is 0 Å². The molecule has 20 heavy (non-hydrogen) atoms. The molecule has 5 nitrogen and oxygen atoms in total. The Labute approximate surface area is 118 Å². The molecule has 1 N–H and O–H groups in total. The number of nitrogens with one attached hydrogen (secondary N) is 1. The van der Waals surface area contributed by atoms with Crippen molar-refractivity contribution < 1.29 is 4.74 Å². The van der Waals surface area contributed by atoms with Crippen molar-refractivity contribution in [3.63, 3.8) is 0 Å². The molecule has 0 amide bonds. The van der Waals surface area contributed by atoms with E-state index in [4.69, 9.17) is 4.74 Å². The summed E-state index contributed by atoms with van der Waals surface area (Å²) in [7, 11) is 1.63. The lowest BCUT2D eigenvalue weighted by Gasteiger charge is -2.22. The largest absolute Gasteiger partial charge is 0.481 e. The molecular weight excluding hydrogens is 252 g/mol. The van der Waals surface area contributed by atoms with Gasteiger partial charge in [0.2, 0.25) is 11.8 Å². The molecule has 0 saturated heterocycles. The average molecular weight is 270 g/mol. The number of aryl methyl sites for hydroxylation is 1. The molecule has 1 aromatic carbocycles. The third-order valence-electron chi connectivity index (χ3n) is 3.38. The van der Waals surface area contributed by atoms with Gasteiger partial charge in [-0.1, -0.05) is 18.2 Å². The van der Waals surface area contributed by atoms with Crippen LogP contribution in [0.25, 0.3) is 0 Å². The number of fused-ring (bicyclic) bond motifs is 1. The zero-order valence-electron chi connectivity index (χ0n) is 11.8. The van der Waals surface area contributed by atoms with Gasteiger partial charge < -0.3 is 15.0 Å². The fourth-order valence-electron chi connectivity index (χ4n) is 2.42. The maximum Gasteiger partial charge on any atom is 0.233 e. The molecule has 0 radical (unpaired) electrons. The van der Waals surface area contributed by atoms with Crippen LogP contribution in [0.15, 0.2) is 30.3 Å². The predicted octanol–water partition coefficient (Wildman–Crippen LogP) is 2.03. The van der Waals surface area contributed by atoms with Gasteiger partial charge in [0.25, 0.3) is 0 Å². The summed E-state index contributed by atoms with van der Waals surface area (Å²) in [5.74, 6) is 1.29. The van der Waals surface area contributed by atoms with Gasteiger partial charge in [0.05, 0.1) is 7.11 Å². The highest BCUT2D eigenvalue weighted by atomic mass is 16.5. The van der Waals surface area contributed by atoms with Gasteiger partial charge in [0.15, 0.2) is 0 Å². The maximum atomic E-state index is 5.25. The van der Waals surface area contributed by atoms with E-state index in [9.17, 15) is 0 Å². The molecule has 0 aliphatic carbocycles. The quantitative estimate of drug-likeness (QED) is 0.905. The summed E-state index contributed by atoms with van der Waals surface area (Å²) >= 11 is 0. The van der Waals surface area contributed by atoms with Crippen LogP contribution < -0.4 is 15.0 Å². The normalized spacial score (nSPS) is 14.6. The van der Waals surface area contributed by atoms with Gasteiger partial charge >= 0.3 is 0 Å². The minimum Gasteiger partial charge on any atom is -0.481 e. The Morgan fingerprint density at radius 2 is 2.10 bits per heavy atom. The maximum absolute atomic E-state index is 5.25. The molecule has 0 fully saturated rings. The van der Waals surface area contributed by atoms with Crippen LogP contribution in [0.2, 0.25) is 0 Å². The number of methoxy groups -OCH3 is 1. The van der Waals surface area contributed by atoms with Crippen LogP contribution in [0.1, 0.15) is 11.3 Å². The zero-order valence-corrected chi connectivity index (χ0v) is 11.8. The number of ether oxygens (including phenoxy) is 1. The molecule has 2 aromatic rings. The van der Waals surface area contributed by atoms with Crippen molar-refractivity contribution in [3.05, 3.63) is 41.6 Å². The molecule has 1 aliphatic rings. The molecule has 5 heteroatoms. The van der Waals surface area contributed by atoms with E-state index >= 15 is 0 Å². The lowest BCUT2D eigenvalue weighted by atomic mass is 10.1. The topological polar surface area (TPSA) is 50.3 Å². The Kier molecular flexibility index (Phi) is 3.52. The molecule has 0 unspecified atom stereocenters. The van der Waals surface area contributed by atoms with E-state index in [1.54, 1.807) is 7.11 Å². The standard InChI is InChI=1S/C15H18N4O/c1-11-9-14(20-2)18-15(17-11)19-8-7-16-10-12-5-3-4-6-13(12)19/h3-6,9,16H,7-8,10H2,1-2H3. The van der Waals surface area contributed by atoms with E-state index in [1.165, 1.54) is 5.56 Å². The number of hydrogen-bond donors (Lipinski definition) is 1. The van der Waals surface area contributed by atoms with E-state index < -0.39 is 0 Å². The smallest absolute Gasteiger partial charge is 0.233 e. The van der Waals surface area contributed by atoms with E-state index in [-0.39, 0.29) is 0 Å². The minimum atomic E-state index is 0.599. The first-order valence-electron chi connectivity index (χ1n) is 6.74. The summed E-state index contributed by atoms with van der Waals surface area (Å²) in [6, 6.07) is 10.2. The Balaban J connectivity index is 2.07. The van der Waals surface area contributed by atoms with Crippen LogP contribution in [0.3, 0.4) is 0 Å². The first kappa shape index (κ1) is 12.9. The summed E-state index contributed by atoms with van der Waals surface area (Å²) in [6.45, 7) is 4.56. The van der Waals surface area contributed by atoms with Crippen LogP contribution in [-0.2, 0) is 6.54 Å². The Morgan fingerprint density at radius 1 is 1.25 bits per heavy atom. The molecule has 0 saturated carbocycles. The highest BCUT2D eigenvalue weighted by molar-refractivity contribution is 5.62. The first-order valence-corrected chi connectivity index (χ1v) is 6.74. The van der Waals surface area contributed by atoms with Crippen molar-refractivity contribution >= 4 is 11.6 Å². The monoisotopic (exact) mass is 270 g/mol. The predicted molar refractivity (Wildman–Crippen MR) is 78.5 cm³/mol. The van der Waals surface area contributed by atoms with Crippen LogP contribution in [-0.4, -0.2) is 30.2 Å². The third-order valence-corrected chi connectivity index (χ3v) is 3.38. The molecule has 0 bridgehead atoms. The lowest BCUT2D eigenvalue weighted by molar-refractivity contribution is 0.396. The number of aromatic nitrogens is 2. The van der Waals surface area contributed by atoms with E-state index in [0.717, 1.165) is 31.0 Å². The second kappa shape index (κ2) is 5.46. The van der Waals surface area contributed by atoms with Gasteiger partial charge in [0.1, 0.15) is 0 Å². The lowest BCUT2D eigenvalue weighted by Crippen LogP contribution is -2.26. The van der Waals surface area contributed by atoms with Gasteiger partial charge in [-0.05, 0) is 18.6 Å². The van der Waals surface area contributed by atoms with Gasteiger partial charge in [-0.15, -0.1) is 0 Å². The van der Waals surface area contributed by atoms with E-state index in [0.29, 0.717) is 11.8 Å². The highest BCUT2D eigenvalue weighted by Gasteiger charge is 2.19. The van der Waals surface area contributed by atoms with Gasteiger partial charge in [-0.25, -0.2) is 4.98 Å². The second-order valence-electron chi connectivity index (χ2n) is 4.81. The van der Waals surface area contributed by atoms with Crippen molar-refractivity contribution in [2.75, 3.05) is 25.1 Å².